The first-order chi connectivity index (χ1) is 26.0. The summed E-state index contributed by atoms with van der Waals surface area (Å²) in [5.74, 6) is 0.955. The van der Waals surface area contributed by atoms with Crippen LogP contribution >= 0.6 is 11.6 Å². The van der Waals surface area contributed by atoms with Gasteiger partial charge in [0, 0.05) is 82.0 Å². The molecule has 13 nitrogen and oxygen atoms in total. The Morgan fingerprint density at radius 3 is 2.59 bits per heavy atom. The molecule has 2 N–H and O–H groups in total. The van der Waals surface area contributed by atoms with Gasteiger partial charge in [0.2, 0.25) is 5.88 Å². The number of hydrogen-bond acceptors (Lipinski definition) is 9. The minimum Gasteiger partial charge on any atom is -0.481 e. The number of pyridine rings is 2. The summed E-state index contributed by atoms with van der Waals surface area (Å²) in [4.78, 5) is 52.4. The Balaban J connectivity index is 1.09. The topological polar surface area (TPSA) is 136 Å². The van der Waals surface area contributed by atoms with Gasteiger partial charge in [0.05, 0.1) is 35.5 Å². The van der Waals surface area contributed by atoms with Crippen LogP contribution in [-0.4, -0.2) is 87.5 Å². The number of amides is 2. The van der Waals surface area contributed by atoms with Crippen LogP contribution in [0, 0.1) is 6.92 Å². The Bertz CT molecular complexity index is 2450. The van der Waals surface area contributed by atoms with Crippen molar-refractivity contribution in [3.63, 3.8) is 0 Å². The zero-order valence-electron chi connectivity index (χ0n) is 31.0. The van der Waals surface area contributed by atoms with E-state index in [9.17, 15) is 14.4 Å². The molecule has 0 bridgehead atoms. The lowest BCUT2D eigenvalue weighted by molar-refractivity contribution is 0.158. The number of hydrogen-bond donors (Lipinski definition) is 2. The summed E-state index contributed by atoms with van der Waals surface area (Å²) < 4.78 is 13.7. The first-order valence-corrected chi connectivity index (χ1v) is 18.5. The Kier molecular flexibility index (Phi) is 9.19. The van der Waals surface area contributed by atoms with Crippen LogP contribution in [0.2, 0.25) is 5.02 Å². The normalized spacial score (nSPS) is 19.6. The highest BCUT2D eigenvalue weighted by Gasteiger charge is 2.49. The van der Waals surface area contributed by atoms with Gasteiger partial charge in [-0.25, -0.2) is 19.6 Å². The molecule has 8 rings (SSSR count). The van der Waals surface area contributed by atoms with Crippen molar-refractivity contribution in [2.24, 2.45) is 14.1 Å². The lowest BCUT2D eigenvalue weighted by Gasteiger charge is -2.28. The molecule has 3 aromatic heterocycles. The minimum atomic E-state index is -0.423. The van der Waals surface area contributed by atoms with Crippen LogP contribution in [-0.2, 0) is 25.3 Å². The molecule has 5 heterocycles. The molecule has 1 aliphatic carbocycles. The standard InChI is InChI=1S/C40H43ClN8O5/c1-23-25(8-7-11-28(23)43-35-33-30(14-16-42-35)46(2)39(52)47(3)37(33)50)26-9-6-10-27(34(26)41)29-20-24-12-13-31(32(24)36(44-29)54-5)48-17-15-40(21-48)22-49(18-19-53-4)38(51)45-40/h6-11,14,16,20,31H,12-13,15,17-19,21-22H2,1-5H3,(H,42,43)(H,45,51)/t31-,40+/m1/s1. The maximum atomic E-state index is 13.2. The maximum Gasteiger partial charge on any atom is 0.330 e. The van der Waals surface area contributed by atoms with E-state index in [1.807, 2.05) is 48.2 Å². The molecule has 0 radical (unpaired) electrons. The van der Waals surface area contributed by atoms with Crippen LogP contribution in [0.25, 0.3) is 33.3 Å². The number of urea groups is 1. The van der Waals surface area contributed by atoms with Gasteiger partial charge < -0.3 is 25.0 Å². The monoisotopic (exact) mass is 750 g/mol. The summed E-state index contributed by atoms with van der Waals surface area (Å²) in [6.45, 7) is 5.41. The van der Waals surface area contributed by atoms with Gasteiger partial charge in [0.25, 0.3) is 5.56 Å². The number of anilines is 2. The van der Waals surface area contributed by atoms with Crippen LogP contribution < -0.4 is 26.6 Å². The van der Waals surface area contributed by atoms with Crippen molar-refractivity contribution in [1.29, 1.82) is 0 Å². The first kappa shape index (κ1) is 35.8. The number of carbonyl (C=O) groups is 1. The molecule has 280 valence electrons. The molecule has 2 amide bonds. The second-order valence-corrected chi connectivity index (χ2v) is 14.9. The number of fused-ring (bicyclic) bond motifs is 2. The number of methoxy groups -OCH3 is 2. The number of rotatable bonds is 9. The van der Waals surface area contributed by atoms with Crippen LogP contribution in [0.15, 0.2) is 64.3 Å². The second-order valence-electron chi connectivity index (χ2n) is 14.5. The van der Waals surface area contributed by atoms with Gasteiger partial charge in [0.1, 0.15) is 11.2 Å². The van der Waals surface area contributed by atoms with Crippen LogP contribution in [0.4, 0.5) is 16.3 Å². The van der Waals surface area contributed by atoms with Crippen molar-refractivity contribution in [3.05, 3.63) is 97.3 Å². The summed E-state index contributed by atoms with van der Waals surface area (Å²) >= 11 is 7.27. The smallest absolute Gasteiger partial charge is 0.330 e. The second kappa shape index (κ2) is 13.9. The third-order valence-electron chi connectivity index (χ3n) is 11.4. The van der Waals surface area contributed by atoms with E-state index in [2.05, 4.69) is 26.6 Å². The van der Waals surface area contributed by atoms with E-state index in [0.717, 1.165) is 76.1 Å². The Hall–Kier alpha value is -5.24. The largest absolute Gasteiger partial charge is 0.481 e. The number of halogens is 1. The van der Waals surface area contributed by atoms with E-state index in [4.69, 9.17) is 26.1 Å². The highest BCUT2D eigenvalue weighted by Crippen LogP contribution is 2.46. The molecule has 2 fully saturated rings. The summed E-state index contributed by atoms with van der Waals surface area (Å²) in [7, 11) is 6.42. The Morgan fingerprint density at radius 2 is 1.80 bits per heavy atom. The van der Waals surface area contributed by atoms with E-state index < -0.39 is 11.2 Å². The van der Waals surface area contributed by atoms with Crippen molar-refractivity contribution in [1.82, 2.24) is 34.2 Å². The SMILES string of the molecule is COCCN1C[C@@]2(CCN([C@@H]3CCc4cc(-c5cccc(-c6cccc(Nc7nccc8c7c(=O)n(C)c(=O)n8C)c6C)c5Cl)nc(OC)c43)C2)NC1=O. The van der Waals surface area contributed by atoms with Crippen molar-refractivity contribution >= 4 is 40.0 Å². The van der Waals surface area contributed by atoms with E-state index in [1.165, 1.54) is 17.2 Å². The molecule has 0 unspecified atom stereocenters. The number of aryl methyl sites for hydroxylation is 2. The van der Waals surface area contributed by atoms with Gasteiger partial charge in [-0.05, 0) is 61.1 Å². The van der Waals surface area contributed by atoms with Crippen LogP contribution in [0.1, 0.15) is 35.6 Å². The lowest BCUT2D eigenvalue weighted by Crippen LogP contribution is -2.46. The zero-order chi connectivity index (χ0) is 37.9. The van der Waals surface area contributed by atoms with Crippen molar-refractivity contribution < 1.29 is 14.3 Å². The number of benzene rings is 2. The maximum absolute atomic E-state index is 13.2. The van der Waals surface area contributed by atoms with Gasteiger partial charge in [-0.15, -0.1) is 0 Å². The number of likely N-dealkylation sites (tertiary alicyclic amines) is 1. The quantitative estimate of drug-likeness (QED) is 0.209. The molecule has 2 saturated heterocycles. The van der Waals surface area contributed by atoms with Gasteiger partial charge in [-0.1, -0.05) is 41.9 Å². The van der Waals surface area contributed by atoms with Crippen LogP contribution in [0.3, 0.4) is 0 Å². The fourth-order valence-electron chi connectivity index (χ4n) is 8.55. The number of ether oxygens (including phenoxy) is 2. The summed E-state index contributed by atoms with van der Waals surface area (Å²) in [5.41, 5.74) is 6.62. The Labute approximate surface area is 317 Å². The highest BCUT2D eigenvalue weighted by atomic mass is 35.5. The van der Waals surface area contributed by atoms with Gasteiger partial charge in [0.15, 0.2) is 0 Å². The Morgan fingerprint density at radius 1 is 1.02 bits per heavy atom. The molecule has 2 atom stereocenters. The third kappa shape index (κ3) is 5.91. The molecule has 54 heavy (non-hydrogen) atoms. The third-order valence-corrected chi connectivity index (χ3v) is 11.8. The lowest BCUT2D eigenvalue weighted by atomic mass is 9.96. The van der Waals surface area contributed by atoms with Gasteiger partial charge in [-0.2, -0.15) is 0 Å². The van der Waals surface area contributed by atoms with Gasteiger partial charge in [-0.3, -0.25) is 18.8 Å². The first-order valence-electron chi connectivity index (χ1n) is 18.1. The van der Waals surface area contributed by atoms with E-state index in [0.29, 0.717) is 47.3 Å². The molecule has 1 spiro atoms. The average molecular weight is 751 g/mol. The van der Waals surface area contributed by atoms with E-state index >= 15 is 0 Å². The summed E-state index contributed by atoms with van der Waals surface area (Å²) in [5, 5.41) is 7.53. The molecule has 2 aromatic carbocycles. The molecule has 14 heteroatoms. The number of nitrogens with one attached hydrogen (secondary N) is 2. The van der Waals surface area contributed by atoms with Crippen molar-refractivity contribution in [2.45, 2.75) is 37.8 Å². The zero-order valence-corrected chi connectivity index (χ0v) is 31.8. The molecule has 2 aliphatic heterocycles. The van der Waals surface area contributed by atoms with E-state index in [-0.39, 0.29) is 17.6 Å². The molecule has 0 saturated carbocycles. The van der Waals surface area contributed by atoms with Crippen molar-refractivity contribution in [2.75, 3.05) is 52.3 Å². The van der Waals surface area contributed by atoms with E-state index in [1.54, 1.807) is 33.5 Å². The van der Waals surface area contributed by atoms with Crippen LogP contribution in [0.5, 0.6) is 5.88 Å². The molecule has 5 aromatic rings. The van der Waals surface area contributed by atoms with Crippen molar-refractivity contribution in [3.8, 4) is 28.3 Å². The fourth-order valence-corrected chi connectivity index (χ4v) is 8.88. The average Bonchev–Trinajstić information content (AvgIpc) is 3.88. The van der Waals surface area contributed by atoms with Gasteiger partial charge >= 0.3 is 11.7 Å². The highest BCUT2D eigenvalue weighted by molar-refractivity contribution is 6.36. The molecular formula is C40H43ClN8O5. The number of carbonyl (C=O) groups excluding carboxylic acids is 1. The molecular weight excluding hydrogens is 708 g/mol. The minimum absolute atomic E-state index is 0.0232. The number of aromatic nitrogens is 4. The predicted octanol–water partition coefficient (Wildman–Crippen LogP) is 5.18. The summed E-state index contributed by atoms with van der Waals surface area (Å²) in [6.07, 6.45) is 4.29. The summed E-state index contributed by atoms with van der Waals surface area (Å²) in [6, 6.07) is 15.7. The fraction of sp³-hybridized carbons (Fsp3) is 0.375. The molecule has 3 aliphatic rings. The predicted molar refractivity (Wildman–Crippen MR) is 209 cm³/mol. The number of nitrogens with zero attached hydrogens (tertiary/aromatic N) is 6.